The Morgan fingerprint density at radius 3 is 1.67 bits per heavy atom. The SMILES string of the molecule is C=CCC(F)(F)C(F)(F)C(F)C(F)(F)F. The smallest absolute Gasteiger partial charge is 0.230 e. The van der Waals surface area contributed by atoms with Crippen molar-refractivity contribution in [1.82, 2.24) is 0 Å². The number of hydrogen-bond acceptors (Lipinski definition) is 0. The molecule has 0 rings (SSSR count). The molecule has 0 bridgehead atoms. The lowest BCUT2D eigenvalue weighted by Crippen LogP contribution is -2.53. The van der Waals surface area contributed by atoms with Crippen LogP contribution in [0.15, 0.2) is 12.7 Å². The Kier molecular flexibility index (Phi) is 3.76. The van der Waals surface area contributed by atoms with Gasteiger partial charge >= 0.3 is 18.0 Å². The fourth-order valence-corrected chi connectivity index (χ4v) is 0.708. The van der Waals surface area contributed by atoms with E-state index in [1.165, 1.54) is 0 Å². The molecule has 0 aromatic heterocycles. The molecule has 1 atom stereocenters. The summed E-state index contributed by atoms with van der Waals surface area (Å²) < 4.78 is 96.2. The topological polar surface area (TPSA) is 0 Å². The van der Waals surface area contributed by atoms with Crippen LogP contribution in [-0.2, 0) is 0 Å². The van der Waals surface area contributed by atoms with Crippen LogP contribution in [0.3, 0.4) is 0 Å². The average Bonchev–Trinajstić information content (AvgIpc) is 2.00. The van der Waals surface area contributed by atoms with Crippen molar-refractivity contribution in [3.8, 4) is 0 Å². The summed E-state index contributed by atoms with van der Waals surface area (Å²) in [6.07, 6.45) is -12.4. The largest absolute Gasteiger partial charge is 0.425 e. The van der Waals surface area contributed by atoms with Gasteiger partial charge in [-0.15, -0.1) is 6.58 Å². The van der Waals surface area contributed by atoms with Gasteiger partial charge in [0, 0.05) is 6.42 Å². The van der Waals surface area contributed by atoms with Crippen molar-refractivity contribution in [3.63, 3.8) is 0 Å². The molecule has 0 N–H and O–H groups in total. The summed E-state index contributed by atoms with van der Waals surface area (Å²) in [5.41, 5.74) is 0. The van der Waals surface area contributed by atoms with Crippen LogP contribution in [0.1, 0.15) is 6.42 Å². The number of hydrogen-bond donors (Lipinski definition) is 0. The standard InChI is InChI=1S/C7H6F8/c1-2-3-5(9,10)6(11,12)4(8)7(13,14)15/h2,4H,1,3H2. The second kappa shape index (κ2) is 3.97. The summed E-state index contributed by atoms with van der Waals surface area (Å²) in [4.78, 5) is 0. The molecule has 0 aliphatic rings. The monoisotopic (exact) mass is 242 g/mol. The molecule has 8 heteroatoms. The van der Waals surface area contributed by atoms with Gasteiger partial charge in [0.2, 0.25) is 0 Å². The molecule has 0 aliphatic carbocycles. The van der Waals surface area contributed by atoms with Gasteiger partial charge in [-0.2, -0.15) is 30.7 Å². The predicted molar refractivity (Wildman–Crippen MR) is 35.7 cm³/mol. The van der Waals surface area contributed by atoms with Crippen LogP contribution in [0.5, 0.6) is 0 Å². The van der Waals surface area contributed by atoms with Crippen molar-refractivity contribution in [2.45, 2.75) is 30.6 Å². The lowest BCUT2D eigenvalue weighted by Gasteiger charge is -2.29. The van der Waals surface area contributed by atoms with Crippen LogP contribution in [0.4, 0.5) is 35.1 Å². The van der Waals surface area contributed by atoms with Gasteiger partial charge in [-0.05, 0) is 0 Å². The van der Waals surface area contributed by atoms with E-state index in [-0.39, 0.29) is 6.08 Å². The Labute approximate surface area is 79.6 Å². The molecule has 1 unspecified atom stereocenters. The molecule has 90 valence electrons. The zero-order valence-electron chi connectivity index (χ0n) is 7.09. The Hall–Kier alpha value is -0.820. The summed E-state index contributed by atoms with van der Waals surface area (Å²) in [6, 6.07) is 0. The quantitative estimate of drug-likeness (QED) is 0.520. The second-order valence-electron chi connectivity index (χ2n) is 2.72. The van der Waals surface area contributed by atoms with Crippen LogP contribution in [0.2, 0.25) is 0 Å². The first-order valence-corrected chi connectivity index (χ1v) is 3.54. The Morgan fingerprint density at radius 2 is 1.40 bits per heavy atom. The highest BCUT2D eigenvalue weighted by molar-refractivity contribution is 4.97. The summed E-state index contributed by atoms with van der Waals surface area (Å²) >= 11 is 0. The number of alkyl halides is 8. The molecule has 0 aliphatic heterocycles. The van der Waals surface area contributed by atoms with E-state index in [0.29, 0.717) is 0 Å². The highest BCUT2D eigenvalue weighted by atomic mass is 19.4. The minimum absolute atomic E-state index is 0.289. The minimum atomic E-state index is -6.03. The summed E-state index contributed by atoms with van der Waals surface area (Å²) in [5, 5.41) is 0. The molecule has 0 spiro atoms. The van der Waals surface area contributed by atoms with Gasteiger partial charge in [-0.25, -0.2) is 4.39 Å². The Bertz CT molecular complexity index is 228. The molecule has 0 saturated heterocycles. The predicted octanol–water partition coefficient (Wildman–Crippen LogP) is 3.73. The molecule has 0 radical (unpaired) electrons. The van der Waals surface area contributed by atoms with Crippen LogP contribution in [-0.4, -0.2) is 24.2 Å². The van der Waals surface area contributed by atoms with Gasteiger partial charge in [0.15, 0.2) is 0 Å². The number of rotatable bonds is 4. The maximum absolute atomic E-state index is 12.4. The summed E-state index contributed by atoms with van der Waals surface area (Å²) in [7, 11) is 0. The summed E-state index contributed by atoms with van der Waals surface area (Å²) in [6.45, 7) is 2.66. The molecule has 0 aromatic carbocycles. The molecule has 0 amide bonds. The first-order chi connectivity index (χ1) is 6.47. The van der Waals surface area contributed by atoms with Crippen molar-refractivity contribution < 1.29 is 35.1 Å². The van der Waals surface area contributed by atoms with Gasteiger partial charge in [-0.3, -0.25) is 0 Å². The van der Waals surface area contributed by atoms with E-state index in [4.69, 9.17) is 0 Å². The van der Waals surface area contributed by atoms with E-state index < -0.39 is 30.6 Å². The normalized spacial score (nSPS) is 16.3. The lowest BCUT2D eigenvalue weighted by molar-refractivity contribution is -0.305. The third-order valence-corrected chi connectivity index (χ3v) is 1.49. The first kappa shape index (κ1) is 14.2. The zero-order chi connectivity index (χ0) is 12.5. The first-order valence-electron chi connectivity index (χ1n) is 3.54. The van der Waals surface area contributed by atoms with E-state index in [9.17, 15) is 35.1 Å². The van der Waals surface area contributed by atoms with Crippen LogP contribution < -0.4 is 0 Å². The second-order valence-corrected chi connectivity index (χ2v) is 2.72. The lowest BCUT2D eigenvalue weighted by atomic mass is 10.0. The molecular weight excluding hydrogens is 236 g/mol. The Morgan fingerprint density at radius 1 is 1.00 bits per heavy atom. The van der Waals surface area contributed by atoms with E-state index in [0.717, 1.165) is 0 Å². The van der Waals surface area contributed by atoms with Crippen LogP contribution in [0, 0.1) is 0 Å². The molecular formula is C7H6F8. The van der Waals surface area contributed by atoms with Gasteiger partial charge in [0.25, 0.3) is 6.17 Å². The van der Waals surface area contributed by atoms with Crippen molar-refractivity contribution >= 4 is 0 Å². The third kappa shape index (κ3) is 2.82. The summed E-state index contributed by atoms with van der Waals surface area (Å²) in [5.74, 6) is -10.9. The fraction of sp³-hybridized carbons (Fsp3) is 0.714. The van der Waals surface area contributed by atoms with E-state index in [1.54, 1.807) is 0 Å². The Balaban J connectivity index is 5.03. The van der Waals surface area contributed by atoms with Crippen LogP contribution in [0.25, 0.3) is 0 Å². The van der Waals surface area contributed by atoms with Crippen molar-refractivity contribution in [3.05, 3.63) is 12.7 Å². The van der Waals surface area contributed by atoms with Crippen molar-refractivity contribution in [2.24, 2.45) is 0 Å². The van der Waals surface area contributed by atoms with Crippen molar-refractivity contribution in [1.29, 1.82) is 0 Å². The van der Waals surface area contributed by atoms with Crippen LogP contribution >= 0.6 is 0 Å². The van der Waals surface area contributed by atoms with E-state index in [2.05, 4.69) is 6.58 Å². The highest BCUT2D eigenvalue weighted by Gasteiger charge is 2.68. The molecule has 15 heavy (non-hydrogen) atoms. The van der Waals surface area contributed by atoms with Crippen molar-refractivity contribution in [2.75, 3.05) is 0 Å². The van der Waals surface area contributed by atoms with Gasteiger partial charge in [-0.1, -0.05) is 6.08 Å². The maximum atomic E-state index is 12.4. The molecule has 0 heterocycles. The zero-order valence-corrected chi connectivity index (χ0v) is 7.09. The third-order valence-electron chi connectivity index (χ3n) is 1.49. The molecule has 0 aromatic rings. The number of halogens is 8. The molecule has 0 saturated carbocycles. The van der Waals surface area contributed by atoms with Gasteiger partial charge in [0.1, 0.15) is 0 Å². The van der Waals surface area contributed by atoms with E-state index >= 15 is 0 Å². The highest BCUT2D eigenvalue weighted by Crippen LogP contribution is 2.45. The number of allylic oxidation sites excluding steroid dienone is 1. The van der Waals surface area contributed by atoms with Gasteiger partial charge < -0.3 is 0 Å². The maximum Gasteiger partial charge on any atom is 0.425 e. The fourth-order valence-electron chi connectivity index (χ4n) is 0.708. The molecule has 0 nitrogen and oxygen atoms in total. The minimum Gasteiger partial charge on any atom is -0.230 e. The average molecular weight is 242 g/mol. The van der Waals surface area contributed by atoms with Gasteiger partial charge in [0.05, 0.1) is 0 Å². The van der Waals surface area contributed by atoms with E-state index in [1.807, 2.05) is 0 Å². The molecule has 0 fully saturated rings.